The minimum Gasteiger partial charge on any atom is -0.409 e. The average Bonchev–Trinajstić information content (AvgIpc) is 3.08. The summed E-state index contributed by atoms with van der Waals surface area (Å²) in [5, 5.41) is 13.1. The highest BCUT2D eigenvalue weighted by Gasteiger charge is 2.23. The molecule has 1 fully saturated rings. The van der Waals surface area contributed by atoms with Crippen LogP contribution in [0.5, 0.6) is 0 Å². The van der Waals surface area contributed by atoms with Crippen LogP contribution in [0.2, 0.25) is 10.0 Å². The smallest absolute Gasteiger partial charge is 0.170 e. The fraction of sp³-hybridized carbons (Fsp3) is 0.316. The topological polar surface area (TPSA) is 61.9 Å². The quantitative estimate of drug-likeness (QED) is 0.347. The summed E-state index contributed by atoms with van der Waals surface area (Å²) < 4.78 is 0. The summed E-state index contributed by atoms with van der Waals surface area (Å²) in [6, 6.07) is 13.5. The molecule has 0 spiro atoms. The number of benzene rings is 2. The van der Waals surface area contributed by atoms with Gasteiger partial charge in [-0.25, -0.2) is 0 Å². The van der Waals surface area contributed by atoms with E-state index in [4.69, 9.17) is 34.1 Å². The highest BCUT2D eigenvalue weighted by Crippen LogP contribution is 2.33. The van der Waals surface area contributed by atoms with Crippen LogP contribution in [-0.2, 0) is 6.42 Å². The van der Waals surface area contributed by atoms with Gasteiger partial charge < -0.3 is 15.8 Å². The minimum atomic E-state index is 0.137. The SMILES string of the molecule is NC(=NO)c1ccc(CCC2CCN(c3ccc(Cl)cc3Cl)C2)cc1. The second-order valence-electron chi connectivity index (χ2n) is 6.42. The zero-order chi connectivity index (χ0) is 17.8. The normalized spacial score (nSPS) is 17.9. The lowest BCUT2D eigenvalue weighted by molar-refractivity contribution is 0.318. The maximum atomic E-state index is 8.70. The fourth-order valence-electron chi connectivity index (χ4n) is 3.30. The van der Waals surface area contributed by atoms with E-state index in [0.717, 1.165) is 37.2 Å². The third-order valence-corrected chi connectivity index (χ3v) is 5.27. The molecule has 0 saturated carbocycles. The van der Waals surface area contributed by atoms with Crippen LogP contribution >= 0.6 is 23.2 Å². The highest BCUT2D eigenvalue weighted by molar-refractivity contribution is 6.36. The third-order valence-electron chi connectivity index (χ3n) is 4.73. The Kier molecular flexibility index (Phi) is 5.71. The number of oxime groups is 1. The van der Waals surface area contributed by atoms with Crippen molar-refractivity contribution in [1.82, 2.24) is 0 Å². The van der Waals surface area contributed by atoms with Crippen LogP contribution in [0.25, 0.3) is 0 Å². The number of nitrogens with zero attached hydrogens (tertiary/aromatic N) is 2. The molecule has 0 aromatic heterocycles. The Morgan fingerprint density at radius 3 is 2.64 bits per heavy atom. The summed E-state index contributed by atoms with van der Waals surface area (Å²) in [4.78, 5) is 2.34. The average molecular weight is 378 g/mol. The van der Waals surface area contributed by atoms with E-state index in [0.29, 0.717) is 16.0 Å². The molecule has 3 rings (SSSR count). The molecule has 1 aliphatic heterocycles. The van der Waals surface area contributed by atoms with Gasteiger partial charge in [0.25, 0.3) is 0 Å². The first kappa shape index (κ1) is 17.9. The molecule has 0 aliphatic carbocycles. The molecule has 6 heteroatoms. The molecule has 2 aromatic carbocycles. The summed E-state index contributed by atoms with van der Waals surface area (Å²) >= 11 is 12.3. The first-order chi connectivity index (χ1) is 12.1. The molecule has 1 aliphatic rings. The highest BCUT2D eigenvalue weighted by atomic mass is 35.5. The molecule has 25 heavy (non-hydrogen) atoms. The standard InChI is InChI=1S/C19H21Cl2N3O/c20-16-7-8-18(17(21)11-16)24-10-9-14(12-24)2-1-13-3-5-15(6-4-13)19(22)23-25/h3-8,11,14,25H,1-2,9-10,12H2,(H2,22,23). The van der Waals surface area contributed by atoms with E-state index in [-0.39, 0.29) is 5.84 Å². The van der Waals surface area contributed by atoms with Crippen LogP contribution in [0.4, 0.5) is 5.69 Å². The van der Waals surface area contributed by atoms with Gasteiger partial charge in [0.2, 0.25) is 0 Å². The molecule has 1 heterocycles. The predicted octanol–water partition coefficient (Wildman–Crippen LogP) is 4.55. The number of nitrogens with two attached hydrogens (primary N) is 1. The zero-order valence-electron chi connectivity index (χ0n) is 13.8. The summed E-state index contributed by atoms with van der Waals surface area (Å²) in [6.07, 6.45) is 3.31. The van der Waals surface area contributed by atoms with Crippen molar-refractivity contribution in [3.8, 4) is 0 Å². The third kappa shape index (κ3) is 4.39. The maximum Gasteiger partial charge on any atom is 0.170 e. The van der Waals surface area contributed by atoms with Crippen LogP contribution < -0.4 is 10.6 Å². The summed E-state index contributed by atoms with van der Waals surface area (Å²) in [5.74, 6) is 0.785. The first-order valence-electron chi connectivity index (χ1n) is 8.33. The molecule has 3 N–H and O–H groups in total. The van der Waals surface area contributed by atoms with Gasteiger partial charge in [0, 0.05) is 23.7 Å². The molecule has 0 bridgehead atoms. The van der Waals surface area contributed by atoms with Gasteiger partial charge in [-0.15, -0.1) is 0 Å². The fourth-order valence-corrected chi connectivity index (χ4v) is 3.82. The molecule has 132 valence electrons. The molecule has 4 nitrogen and oxygen atoms in total. The Hall–Kier alpha value is -1.91. The Bertz CT molecular complexity index is 762. The predicted molar refractivity (Wildman–Crippen MR) is 104 cm³/mol. The van der Waals surface area contributed by atoms with E-state index < -0.39 is 0 Å². The first-order valence-corrected chi connectivity index (χ1v) is 9.09. The number of anilines is 1. The van der Waals surface area contributed by atoms with Gasteiger partial charge in [-0.1, -0.05) is 52.6 Å². The lowest BCUT2D eigenvalue weighted by atomic mass is 9.98. The Morgan fingerprint density at radius 1 is 1.20 bits per heavy atom. The van der Waals surface area contributed by atoms with Gasteiger partial charge in [0.1, 0.15) is 0 Å². The van der Waals surface area contributed by atoms with Crippen molar-refractivity contribution in [2.45, 2.75) is 19.3 Å². The van der Waals surface area contributed by atoms with Gasteiger partial charge in [0.15, 0.2) is 5.84 Å². The summed E-state index contributed by atoms with van der Waals surface area (Å²) in [6.45, 7) is 2.04. The van der Waals surface area contributed by atoms with Crippen molar-refractivity contribution in [3.05, 3.63) is 63.6 Å². The number of rotatable bonds is 5. The minimum absolute atomic E-state index is 0.137. The number of aryl methyl sites for hydroxylation is 1. The lowest BCUT2D eigenvalue weighted by Gasteiger charge is -2.20. The summed E-state index contributed by atoms with van der Waals surface area (Å²) in [5.41, 5.74) is 8.65. The Labute approximate surface area is 157 Å². The van der Waals surface area contributed by atoms with Gasteiger partial charge in [0.05, 0.1) is 10.7 Å². The van der Waals surface area contributed by atoms with E-state index >= 15 is 0 Å². The van der Waals surface area contributed by atoms with Crippen molar-refractivity contribution in [1.29, 1.82) is 0 Å². The summed E-state index contributed by atoms with van der Waals surface area (Å²) in [7, 11) is 0. The Morgan fingerprint density at radius 2 is 1.96 bits per heavy atom. The van der Waals surface area contributed by atoms with E-state index in [1.165, 1.54) is 12.0 Å². The van der Waals surface area contributed by atoms with Crippen LogP contribution in [0.1, 0.15) is 24.0 Å². The largest absolute Gasteiger partial charge is 0.409 e. The van der Waals surface area contributed by atoms with Gasteiger partial charge >= 0.3 is 0 Å². The van der Waals surface area contributed by atoms with Crippen molar-refractivity contribution in [2.75, 3.05) is 18.0 Å². The van der Waals surface area contributed by atoms with Crippen molar-refractivity contribution in [2.24, 2.45) is 16.8 Å². The van der Waals surface area contributed by atoms with E-state index in [2.05, 4.69) is 10.1 Å². The van der Waals surface area contributed by atoms with Crippen molar-refractivity contribution >= 4 is 34.7 Å². The van der Waals surface area contributed by atoms with E-state index in [1.807, 2.05) is 36.4 Å². The molecule has 0 amide bonds. The molecule has 0 radical (unpaired) electrons. The van der Waals surface area contributed by atoms with Gasteiger partial charge in [-0.3, -0.25) is 0 Å². The van der Waals surface area contributed by atoms with Gasteiger partial charge in [-0.05, 0) is 48.9 Å². The molecular weight excluding hydrogens is 357 g/mol. The Balaban J connectivity index is 1.55. The molecule has 2 aromatic rings. The number of halogens is 2. The maximum absolute atomic E-state index is 8.70. The van der Waals surface area contributed by atoms with Crippen LogP contribution in [-0.4, -0.2) is 24.1 Å². The van der Waals surface area contributed by atoms with E-state index in [9.17, 15) is 0 Å². The molecule has 1 unspecified atom stereocenters. The molecule has 1 atom stereocenters. The van der Waals surface area contributed by atoms with Crippen molar-refractivity contribution in [3.63, 3.8) is 0 Å². The number of hydrogen-bond donors (Lipinski definition) is 2. The van der Waals surface area contributed by atoms with Crippen molar-refractivity contribution < 1.29 is 5.21 Å². The van der Waals surface area contributed by atoms with Gasteiger partial charge in [-0.2, -0.15) is 0 Å². The lowest BCUT2D eigenvalue weighted by Crippen LogP contribution is -2.20. The van der Waals surface area contributed by atoms with E-state index in [1.54, 1.807) is 6.07 Å². The van der Waals surface area contributed by atoms with Crippen LogP contribution in [0.3, 0.4) is 0 Å². The second-order valence-corrected chi connectivity index (χ2v) is 7.26. The number of hydrogen-bond acceptors (Lipinski definition) is 3. The second kappa shape index (κ2) is 7.98. The van der Waals surface area contributed by atoms with Crippen LogP contribution in [0, 0.1) is 5.92 Å². The monoisotopic (exact) mass is 377 g/mol. The molecule has 1 saturated heterocycles. The van der Waals surface area contributed by atoms with Crippen LogP contribution in [0.15, 0.2) is 47.6 Å². The number of amidine groups is 1. The zero-order valence-corrected chi connectivity index (χ0v) is 15.3. The molecular formula is C19H21Cl2N3O.